The number of hydrogen-bond acceptors (Lipinski definition) is 2. The predicted molar refractivity (Wildman–Crippen MR) is 99.6 cm³/mol. The van der Waals surface area contributed by atoms with E-state index < -0.39 is 0 Å². The first-order valence-corrected chi connectivity index (χ1v) is 8.20. The van der Waals surface area contributed by atoms with Crippen LogP contribution in [-0.2, 0) is 11.3 Å². The summed E-state index contributed by atoms with van der Waals surface area (Å²) in [4.78, 5) is 25.7. The summed E-state index contributed by atoms with van der Waals surface area (Å²) in [6.45, 7) is 0.607. The first kappa shape index (κ1) is 16.8. The Bertz CT molecular complexity index is 912. The molecule has 0 saturated heterocycles. The third-order valence-corrected chi connectivity index (χ3v) is 4.06. The van der Waals surface area contributed by atoms with Gasteiger partial charge in [-0.05, 0) is 35.7 Å². The molecule has 0 aliphatic rings. The number of nitrogens with zero attached hydrogens (tertiary/aromatic N) is 2. The molecule has 25 heavy (non-hydrogen) atoms. The summed E-state index contributed by atoms with van der Waals surface area (Å²) in [6.07, 6.45) is 2.36. The van der Waals surface area contributed by atoms with E-state index in [2.05, 4.69) is 16.0 Å². The fourth-order valence-electron chi connectivity index (χ4n) is 2.77. The van der Waals surface area contributed by atoms with Gasteiger partial charge >= 0.3 is 0 Å². The minimum atomic E-state index is -0.0880. The van der Waals surface area contributed by atoms with Crippen LogP contribution in [-0.4, -0.2) is 35.4 Å². The van der Waals surface area contributed by atoms with Gasteiger partial charge in [0.05, 0.1) is 0 Å². The molecule has 1 heterocycles. The number of nitrogens with one attached hydrogen (secondary N) is 1. The second-order valence-corrected chi connectivity index (χ2v) is 6.15. The first-order valence-electron chi connectivity index (χ1n) is 8.20. The Balaban J connectivity index is 1.63. The molecule has 0 radical (unpaired) electrons. The van der Waals surface area contributed by atoms with Gasteiger partial charge in [-0.25, -0.2) is 0 Å². The van der Waals surface area contributed by atoms with E-state index in [4.69, 9.17) is 0 Å². The molecule has 0 unspecified atom stereocenters. The van der Waals surface area contributed by atoms with Crippen LogP contribution < -0.4 is 5.32 Å². The predicted octanol–water partition coefficient (Wildman–Crippen LogP) is 3.37. The molecule has 2 amide bonds. The van der Waals surface area contributed by atoms with Gasteiger partial charge in [-0.1, -0.05) is 24.3 Å². The zero-order chi connectivity index (χ0) is 17.8. The molecule has 1 aromatic heterocycles. The highest BCUT2D eigenvalue weighted by Gasteiger charge is 2.10. The topological polar surface area (TPSA) is 54.3 Å². The van der Waals surface area contributed by atoms with Crippen molar-refractivity contribution in [3.63, 3.8) is 0 Å². The summed E-state index contributed by atoms with van der Waals surface area (Å²) in [5, 5.41) is 4.03. The van der Waals surface area contributed by atoms with Crippen LogP contribution in [0.2, 0.25) is 0 Å². The number of rotatable bonds is 5. The quantitative estimate of drug-likeness (QED) is 0.777. The average molecular weight is 335 g/mol. The summed E-state index contributed by atoms with van der Waals surface area (Å²) in [6, 6.07) is 17.1. The second kappa shape index (κ2) is 7.21. The number of hydrogen-bond donors (Lipinski definition) is 1. The average Bonchev–Trinajstić information content (AvgIpc) is 3.02. The molecule has 3 aromatic rings. The second-order valence-electron chi connectivity index (χ2n) is 6.15. The van der Waals surface area contributed by atoms with Crippen LogP contribution in [0.15, 0.2) is 60.8 Å². The Morgan fingerprint density at radius 1 is 1.04 bits per heavy atom. The lowest BCUT2D eigenvalue weighted by Gasteiger charge is -2.12. The molecule has 0 atom stereocenters. The van der Waals surface area contributed by atoms with Gasteiger partial charge in [0, 0.05) is 50.0 Å². The van der Waals surface area contributed by atoms with E-state index in [1.165, 1.54) is 4.90 Å². The Morgan fingerprint density at radius 3 is 2.64 bits per heavy atom. The van der Waals surface area contributed by atoms with Crippen molar-refractivity contribution in [3.8, 4) is 0 Å². The maximum atomic E-state index is 12.2. The molecule has 0 bridgehead atoms. The van der Waals surface area contributed by atoms with Crippen LogP contribution in [0.5, 0.6) is 0 Å². The van der Waals surface area contributed by atoms with E-state index in [9.17, 15) is 9.59 Å². The number of aryl methyl sites for hydroxylation is 1. The zero-order valence-corrected chi connectivity index (χ0v) is 14.4. The summed E-state index contributed by atoms with van der Waals surface area (Å²) in [5.41, 5.74) is 2.31. The number of amides is 2. The summed E-state index contributed by atoms with van der Waals surface area (Å²) >= 11 is 0. The number of carbonyl (C=O) groups is 2. The lowest BCUT2D eigenvalue weighted by atomic mass is 10.2. The van der Waals surface area contributed by atoms with E-state index in [0.29, 0.717) is 24.2 Å². The normalized spacial score (nSPS) is 10.6. The molecule has 0 saturated carbocycles. The van der Waals surface area contributed by atoms with Gasteiger partial charge < -0.3 is 14.8 Å². The van der Waals surface area contributed by atoms with Gasteiger partial charge in [0.1, 0.15) is 0 Å². The van der Waals surface area contributed by atoms with Crippen molar-refractivity contribution in [1.29, 1.82) is 0 Å². The third-order valence-electron chi connectivity index (χ3n) is 4.06. The van der Waals surface area contributed by atoms with Crippen molar-refractivity contribution in [2.24, 2.45) is 0 Å². The van der Waals surface area contributed by atoms with Gasteiger partial charge in [-0.3, -0.25) is 9.59 Å². The van der Waals surface area contributed by atoms with Crippen LogP contribution in [0.3, 0.4) is 0 Å². The molecule has 0 spiro atoms. The minimum absolute atomic E-state index is 0.0766. The van der Waals surface area contributed by atoms with E-state index in [1.807, 2.05) is 30.5 Å². The molecule has 5 nitrogen and oxygen atoms in total. The lowest BCUT2D eigenvalue weighted by Crippen LogP contribution is -2.22. The molecule has 3 rings (SSSR count). The highest BCUT2D eigenvalue weighted by Crippen LogP contribution is 2.16. The molecule has 2 aromatic carbocycles. The fourth-order valence-corrected chi connectivity index (χ4v) is 2.77. The van der Waals surface area contributed by atoms with Crippen molar-refractivity contribution in [1.82, 2.24) is 9.47 Å². The van der Waals surface area contributed by atoms with Crippen LogP contribution in [0, 0.1) is 0 Å². The Hall–Kier alpha value is -3.08. The Kier molecular flexibility index (Phi) is 4.84. The zero-order valence-electron chi connectivity index (χ0n) is 14.4. The number of aromatic nitrogens is 1. The van der Waals surface area contributed by atoms with Crippen molar-refractivity contribution < 1.29 is 9.59 Å². The third kappa shape index (κ3) is 3.88. The van der Waals surface area contributed by atoms with E-state index in [0.717, 1.165) is 10.9 Å². The van der Waals surface area contributed by atoms with E-state index >= 15 is 0 Å². The van der Waals surface area contributed by atoms with Gasteiger partial charge in [0.15, 0.2) is 0 Å². The van der Waals surface area contributed by atoms with Crippen LogP contribution in [0.1, 0.15) is 16.8 Å². The largest absolute Gasteiger partial charge is 0.347 e. The van der Waals surface area contributed by atoms with Gasteiger partial charge in [0.25, 0.3) is 5.91 Å². The number of carbonyl (C=O) groups excluding carboxylic acids is 2. The Labute approximate surface area is 146 Å². The molecular weight excluding hydrogens is 314 g/mol. The molecule has 0 fully saturated rings. The monoisotopic (exact) mass is 335 g/mol. The van der Waals surface area contributed by atoms with Crippen LogP contribution in [0.25, 0.3) is 10.9 Å². The van der Waals surface area contributed by atoms with Gasteiger partial charge in [0.2, 0.25) is 5.91 Å². The first-order chi connectivity index (χ1) is 12.0. The highest BCUT2D eigenvalue weighted by atomic mass is 16.2. The smallest absolute Gasteiger partial charge is 0.253 e. The number of anilines is 1. The maximum absolute atomic E-state index is 12.2. The van der Waals surface area contributed by atoms with Gasteiger partial charge in [-0.2, -0.15) is 0 Å². The van der Waals surface area contributed by atoms with Gasteiger partial charge in [-0.15, -0.1) is 0 Å². The summed E-state index contributed by atoms with van der Waals surface area (Å²) in [7, 11) is 3.41. The molecule has 1 N–H and O–H groups in total. The van der Waals surface area contributed by atoms with Crippen LogP contribution >= 0.6 is 0 Å². The van der Waals surface area contributed by atoms with Crippen molar-refractivity contribution in [3.05, 3.63) is 66.4 Å². The number of benzene rings is 2. The summed E-state index contributed by atoms with van der Waals surface area (Å²) in [5.74, 6) is -0.165. The highest BCUT2D eigenvalue weighted by molar-refractivity contribution is 5.97. The van der Waals surface area contributed by atoms with E-state index in [-0.39, 0.29) is 11.8 Å². The SMILES string of the molecule is CN(C)C(=O)c1cccc(NC(=O)CCn2ccc3ccccc32)c1. The molecule has 0 aliphatic heterocycles. The summed E-state index contributed by atoms with van der Waals surface area (Å²) < 4.78 is 2.07. The maximum Gasteiger partial charge on any atom is 0.253 e. The molecule has 0 aliphatic carbocycles. The minimum Gasteiger partial charge on any atom is -0.347 e. The molecular formula is C20H21N3O2. The van der Waals surface area contributed by atoms with Crippen molar-refractivity contribution in [2.75, 3.05) is 19.4 Å². The fraction of sp³-hybridized carbons (Fsp3) is 0.200. The van der Waals surface area contributed by atoms with Crippen LogP contribution in [0.4, 0.5) is 5.69 Å². The standard InChI is InChI=1S/C20H21N3O2/c1-22(2)20(25)16-7-5-8-17(14-16)21-19(24)11-13-23-12-10-15-6-3-4-9-18(15)23/h3-10,12,14H,11,13H2,1-2H3,(H,21,24). The molecule has 5 heteroatoms. The van der Waals surface area contributed by atoms with E-state index in [1.54, 1.807) is 38.4 Å². The van der Waals surface area contributed by atoms with Crippen molar-refractivity contribution in [2.45, 2.75) is 13.0 Å². The number of para-hydroxylation sites is 1. The molecule has 128 valence electrons. The lowest BCUT2D eigenvalue weighted by molar-refractivity contribution is -0.116. The number of fused-ring (bicyclic) bond motifs is 1. The Morgan fingerprint density at radius 2 is 1.84 bits per heavy atom. The van der Waals surface area contributed by atoms with Crippen molar-refractivity contribution >= 4 is 28.4 Å².